The number of amides is 1. The predicted octanol–water partition coefficient (Wildman–Crippen LogP) is 3.23. The summed E-state index contributed by atoms with van der Waals surface area (Å²) in [7, 11) is 0. The van der Waals surface area contributed by atoms with Gasteiger partial charge in [-0.3, -0.25) is 9.59 Å². The lowest BCUT2D eigenvalue weighted by molar-refractivity contribution is -0.152. The molecule has 1 aliphatic carbocycles. The van der Waals surface area contributed by atoms with Crippen LogP contribution < -0.4 is 10.1 Å². The highest BCUT2D eigenvalue weighted by molar-refractivity contribution is 5.86. The van der Waals surface area contributed by atoms with Crippen LogP contribution in [-0.4, -0.2) is 30.1 Å². The first-order valence-electron chi connectivity index (χ1n) is 8.94. The van der Waals surface area contributed by atoms with Crippen LogP contribution in [-0.2, 0) is 15.0 Å². The topological polar surface area (TPSA) is 75.6 Å². The monoisotopic (exact) mass is 347 g/mol. The minimum absolute atomic E-state index is 0.149. The van der Waals surface area contributed by atoms with Gasteiger partial charge < -0.3 is 15.2 Å². The Kier molecular flexibility index (Phi) is 6.09. The molecule has 5 nitrogen and oxygen atoms in total. The highest BCUT2D eigenvalue weighted by atomic mass is 16.5. The number of hydrogen-bond donors (Lipinski definition) is 2. The summed E-state index contributed by atoms with van der Waals surface area (Å²) < 4.78 is 5.70. The van der Waals surface area contributed by atoms with Gasteiger partial charge in [0.05, 0.1) is 18.4 Å². The lowest BCUT2D eigenvalue weighted by Gasteiger charge is -2.33. The van der Waals surface area contributed by atoms with Gasteiger partial charge in [-0.2, -0.15) is 0 Å². The van der Waals surface area contributed by atoms with Crippen LogP contribution in [0, 0.1) is 17.8 Å². The normalized spacial score (nSPS) is 20.0. The van der Waals surface area contributed by atoms with E-state index in [0.29, 0.717) is 31.9 Å². The summed E-state index contributed by atoms with van der Waals surface area (Å²) in [4.78, 5) is 23.3. The number of carbonyl (C=O) groups excluding carboxylic acids is 1. The predicted molar refractivity (Wildman–Crippen MR) is 96.7 cm³/mol. The maximum Gasteiger partial charge on any atom is 0.307 e. The van der Waals surface area contributed by atoms with E-state index in [1.807, 2.05) is 24.3 Å². The third kappa shape index (κ3) is 4.97. The molecule has 0 spiro atoms. The Morgan fingerprint density at radius 3 is 2.28 bits per heavy atom. The molecule has 0 bridgehead atoms. The summed E-state index contributed by atoms with van der Waals surface area (Å²) in [5, 5.41) is 12.0. The van der Waals surface area contributed by atoms with Gasteiger partial charge >= 0.3 is 5.97 Å². The number of aliphatic carboxylic acids is 1. The Balaban J connectivity index is 1.90. The van der Waals surface area contributed by atoms with Gasteiger partial charge in [-0.05, 0) is 36.5 Å². The Morgan fingerprint density at radius 1 is 1.20 bits per heavy atom. The molecule has 1 amide bonds. The largest absolute Gasteiger partial charge is 0.493 e. The second-order valence-electron chi connectivity index (χ2n) is 7.96. The van der Waals surface area contributed by atoms with Crippen LogP contribution in [0.25, 0.3) is 0 Å². The van der Waals surface area contributed by atoms with Gasteiger partial charge in [0.25, 0.3) is 0 Å². The molecule has 2 N–H and O–H groups in total. The van der Waals surface area contributed by atoms with Gasteiger partial charge in [0.15, 0.2) is 0 Å². The van der Waals surface area contributed by atoms with Crippen LogP contribution >= 0.6 is 0 Å². The molecule has 138 valence electrons. The van der Waals surface area contributed by atoms with Crippen molar-refractivity contribution in [2.24, 2.45) is 17.8 Å². The summed E-state index contributed by atoms with van der Waals surface area (Å²) in [5.41, 5.74) is 0.863. The number of carboxylic acids is 1. The molecule has 2 rings (SSSR count). The zero-order valence-electron chi connectivity index (χ0n) is 15.5. The van der Waals surface area contributed by atoms with Crippen molar-refractivity contribution in [2.45, 2.75) is 46.0 Å². The Morgan fingerprint density at radius 2 is 1.80 bits per heavy atom. The Hall–Kier alpha value is -2.04. The fourth-order valence-corrected chi connectivity index (χ4v) is 2.92. The van der Waals surface area contributed by atoms with E-state index < -0.39 is 11.9 Å². The lowest BCUT2D eigenvalue weighted by atomic mass is 9.73. The van der Waals surface area contributed by atoms with E-state index in [9.17, 15) is 9.59 Å². The summed E-state index contributed by atoms with van der Waals surface area (Å²) in [6, 6.07) is 7.94. The lowest BCUT2D eigenvalue weighted by Crippen LogP contribution is -2.47. The van der Waals surface area contributed by atoms with Crippen molar-refractivity contribution in [3.05, 3.63) is 29.8 Å². The summed E-state index contributed by atoms with van der Waals surface area (Å²) in [6.07, 6.45) is 1.25. The number of nitrogens with one attached hydrogen (secondary N) is 1. The first kappa shape index (κ1) is 19.3. The summed E-state index contributed by atoms with van der Waals surface area (Å²) in [5.74, 6) is -0.615. The molecule has 1 aliphatic rings. The average molecular weight is 347 g/mol. The molecule has 0 heterocycles. The fourth-order valence-electron chi connectivity index (χ4n) is 2.92. The minimum atomic E-state index is -0.873. The molecule has 5 heteroatoms. The van der Waals surface area contributed by atoms with Gasteiger partial charge in [-0.15, -0.1) is 0 Å². The molecule has 0 aromatic heterocycles. The highest BCUT2D eigenvalue weighted by Crippen LogP contribution is 2.34. The molecule has 25 heavy (non-hydrogen) atoms. The van der Waals surface area contributed by atoms with Crippen LogP contribution in [0.2, 0.25) is 0 Å². The van der Waals surface area contributed by atoms with Gasteiger partial charge in [0, 0.05) is 12.0 Å². The van der Waals surface area contributed by atoms with Gasteiger partial charge in [-0.1, -0.05) is 39.8 Å². The molecule has 0 aliphatic heterocycles. The minimum Gasteiger partial charge on any atom is -0.493 e. The molecular weight excluding hydrogens is 318 g/mol. The van der Waals surface area contributed by atoms with Crippen molar-refractivity contribution in [1.29, 1.82) is 0 Å². The maximum absolute atomic E-state index is 12.2. The van der Waals surface area contributed by atoms with Gasteiger partial charge in [-0.25, -0.2) is 0 Å². The third-order valence-corrected chi connectivity index (χ3v) is 4.85. The smallest absolute Gasteiger partial charge is 0.307 e. The van der Waals surface area contributed by atoms with Crippen LogP contribution in [0.4, 0.5) is 0 Å². The Labute approximate surface area is 149 Å². The SMILES string of the molecule is CC(C)COc1ccc(C(C)(C)CNC(=O)C2CCC2C(=O)O)cc1. The van der Waals surface area contributed by atoms with E-state index in [2.05, 4.69) is 33.0 Å². The van der Waals surface area contributed by atoms with E-state index in [1.54, 1.807) is 0 Å². The first-order chi connectivity index (χ1) is 11.7. The molecule has 1 fully saturated rings. The van der Waals surface area contributed by atoms with Crippen molar-refractivity contribution >= 4 is 11.9 Å². The number of rotatable bonds is 8. The average Bonchev–Trinajstić information content (AvgIpc) is 2.50. The van der Waals surface area contributed by atoms with E-state index >= 15 is 0 Å². The van der Waals surface area contributed by atoms with E-state index in [-0.39, 0.29) is 17.2 Å². The van der Waals surface area contributed by atoms with Crippen molar-refractivity contribution in [2.75, 3.05) is 13.2 Å². The van der Waals surface area contributed by atoms with Crippen molar-refractivity contribution in [3.8, 4) is 5.75 Å². The standard InChI is InChI=1S/C20H29NO4/c1-13(2)11-25-15-7-5-14(6-8-15)20(3,4)12-21-18(22)16-9-10-17(16)19(23)24/h5-8,13,16-17H,9-12H2,1-4H3,(H,21,22)(H,23,24). The third-order valence-electron chi connectivity index (χ3n) is 4.85. The molecule has 2 unspecified atom stereocenters. The van der Waals surface area contributed by atoms with Crippen LogP contribution in [0.15, 0.2) is 24.3 Å². The summed E-state index contributed by atoms with van der Waals surface area (Å²) in [6.45, 7) is 9.50. The zero-order chi connectivity index (χ0) is 18.6. The van der Waals surface area contributed by atoms with Crippen molar-refractivity contribution < 1.29 is 19.4 Å². The molecule has 1 aromatic rings. The first-order valence-corrected chi connectivity index (χ1v) is 8.94. The number of hydrogen-bond acceptors (Lipinski definition) is 3. The second-order valence-corrected chi connectivity index (χ2v) is 7.96. The molecule has 0 saturated heterocycles. The number of benzene rings is 1. The number of carboxylic acid groups (broad SMARTS) is 1. The summed E-state index contributed by atoms with van der Waals surface area (Å²) >= 11 is 0. The van der Waals surface area contributed by atoms with E-state index in [1.165, 1.54) is 0 Å². The second kappa shape index (κ2) is 7.89. The fraction of sp³-hybridized carbons (Fsp3) is 0.600. The van der Waals surface area contributed by atoms with Crippen LogP contribution in [0.3, 0.4) is 0 Å². The van der Waals surface area contributed by atoms with Gasteiger partial charge in [0.2, 0.25) is 5.91 Å². The molecule has 0 radical (unpaired) electrons. The van der Waals surface area contributed by atoms with Crippen LogP contribution in [0.1, 0.15) is 46.1 Å². The number of ether oxygens (including phenoxy) is 1. The molecular formula is C20H29NO4. The van der Waals surface area contributed by atoms with E-state index in [4.69, 9.17) is 9.84 Å². The maximum atomic E-state index is 12.2. The quantitative estimate of drug-likeness (QED) is 0.757. The zero-order valence-corrected chi connectivity index (χ0v) is 15.5. The molecule has 1 saturated carbocycles. The van der Waals surface area contributed by atoms with E-state index in [0.717, 1.165) is 11.3 Å². The van der Waals surface area contributed by atoms with Crippen LogP contribution in [0.5, 0.6) is 5.75 Å². The number of carbonyl (C=O) groups is 2. The van der Waals surface area contributed by atoms with Crippen molar-refractivity contribution in [3.63, 3.8) is 0 Å². The molecule has 1 aromatic carbocycles. The highest BCUT2D eigenvalue weighted by Gasteiger charge is 2.41. The Bertz CT molecular complexity index is 607. The molecule has 2 atom stereocenters. The van der Waals surface area contributed by atoms with Gasteiger partial charge in [0.1, 0.15) is 5.75 Å². The van der Waals surface area contributed by atoms with Crippen molar-refractivity contribution in [1.82, 2.24) is 5.32 Å².